The van der Waals surface area contributed by atoms with Crippen molar-refractivity contribution in [3.8, 4) is 0 Å². The third-order valence-corrected chi connectivity index (χ3v) is 2.55. The monoisotopic (exact) mass is 144 g/mol. The number of aliphatic hydroxyl groups excluding tert-OH is 2. The summed E-state index contributed by atoms with van der Waals surface area (Å²) >= 11 is 0. The Bertz CT molecular complexity index is 93.4. The van der Waals surface area contributed by atoms with Crippen molar-refractivity contribution >= 4 is 0 Å². The van der Waals surface area contributed by atoms with Gasteiger partial charge in [0.25, 0.3) is 0 Å². The van der Waals surface area contributed by atoms with Gasteiger partial charge in [0.05, 0.1) is 0 Å². The Morgan fingerprint density at radius 1 is 1.00 bits per heavy atom. The highest BCUT2D eigenvalue weighted by molar-refractivity contribution is 4.95. The van der Waals surface area contributed by atoms with Crippen molar-refractivity contribution in [2.75, 3.05) is 13.2 Å². The molecule has 1 aliphatic carbocycles. The van der Waals surface area contributed by atoms with E-state index in [0.29, 0.717) is 17.8 Å². The summed E-state index contributed by atoms with van der Waals surface area (Å²) in [7, 11) is 0. The summed E-state index contributed by atoms with van der Waals surface area (Å²) < 4.78 is 0. The fourth-order valence-corrected chi connectivity index (χ4v) is 1.83. The van der Waals surface area contributed by atoms with E-state index in [0.717, 1.165) is 12.8 Å². The van der Waals surface area contributed by atoms with Crippen LogP contribution in [0.3, 0.4) is 0 Å². The van der Waals surface area contributed by atoms with Crippen molar-refractivity contribution < 1.29 is 10.2 Å². The molecule has 0 bridgehead atoms. The highest BCUT2D eigenvalue weighted by Crippen LogP contribution is 2.48. The maximum Gasteiger partial charge on any atom is 0.0465 e. The van der Waals surface area contributed by atoms with Gasteiger partial charge in [-0.05, 0) is 24.2 Å². The van der Waals surface area contributed by atoms with E-state index in [-0.39, 0.29) is 13.2 Å². The largest absolute Gasteiger partial charge is 0.396 e. The second-order valence-electron chi connectivity index (χ2n) is 3.15. The molecule has 0 aromatic rings. The summed E-state index contributed by atoms with van der Waals surface area (Å²) in [6.45, 7) is 2.66. The number of aliphatic hydroxyl groups is 2. The maximum atomic E-state index is 8.79. The molecule has 0 saturated heterocycles. The Morgan fingerprint density at radius 2 is 1.50 bits per heavy atom. The molecule has 1 rings (SSSR count). The second-order valence-corrected chi connectivity index (χ2v) is 3.15. The Morgan fingerprint density at radius 3 is 1.80 bits per heavy atom. The van der Waals surface area contributed by atoms with Gasteiger partial charge in [0.15, 0.2) is 0 Å². The van der Waals surface area contributed by atoms with E-state index >= 15 is 0 Å². The highest BCUT2D eigenvalue weighted by atomic mass is 16.3. The van der Waals surface area contributed by atoms with Crippen LogP contribution in [0.1, 0.15) is 19.8 Å². The van der Waals surface area contributed by atoms with E-state index in [1.165, 1.54) is 0 Å². The van der Waals surface area contributed by atoms with Crippen LogP contribution >= 0.6 is 0 Å². The molecule has 1 saturated carbocycles. The van der Waals surface area contributed by atoms with Crippen molar-refractivity contribution in [1.82, 2.24) is 0 Å². The van der Waals surface area contributed by atoms with Crippen LogP contribution in [0.2, 0.25) is 0 Å². The summed E-state index contributed by atoms with van der Waals surface area (Å²) in [5, 5.41) is 17.6. The molecule has 2 heteroatoms. The van der Waals surface area contributed by atoms with E-state index in [2.05, 4.69) is 6.92 Å². The number of hydrogen-bond acceptors (Lipinski definition) is 2. The van der Waals surface area contributed by atoms with Crippen LogP contribution < -0.4 is 0 Å². The predicted molar refractivity (Wildman–Crippen MR) is 39.5 cm³/mol. The van der Waals surface area contributed by atoms with E-state index in [4.69, 9.17) is 10.2 Å². The van der Waals surface area contributed by atoms with E-state index in [9.17, 15) is 0 Å². The third kappa shape index (κ3) is 1.32. The zero-order valence-electron chi connectivity index (χ0n) is 6.45. The molecule has 2 nitrogen and oxygen atoms in total. The van der Waals surface area contributed by atoms with Crippen LogP contribution in [0.15, 0.2) is 0 Å². The number of hydrogen-bond donors (Lipinski definition) is 2. The lowest BCUT2D eigenvalue weighted by Crippen LogP contribution is -1.91. The smallest absolute Gasteiger partial charge is 0.0465 e. The van der Waals surface area contributed by atoms with Crippen LogP contribution in [0.5, 0.6) is 0 Å². The molecule has 0 heterocycles. The first-order valence-corrected chi connectivity index (χ1v) is 4.06. The van der Waals surface area contributed by atoms with Crippen molar-refractivity contribution in [3.05, 3.63) is 0 Å². The zero-order chi connectivity index (χ0) is 7.56. The summed E-state index contributed by atoms with van der Waals surface area (Å²) in [6, 6.07) is 0. The van der Waals surface area contributed by atoms with Crippen molar-refractivity contribution in [1.29, 1.82) is 0 Å². The molecule has 2 N–H and O–H groups in total. The van der Waals surface area contributed by atoms with Gasteiger partial charge in [0, 0.05) is 13.2 Å². The summed E-state index contributed by atoms with van der Waals surface area (Å²) in [6.07, 6.45) is 2.33. The van der Waals surface area contributed by atoms with Gasteiger partial charge in [0.1, 0.15) is 0 Å². The minimum atomic E-state index is 0.260. The van der Waals surface area contributed by atoms with E-state index in [1.807, 2.05) is 0 Å². The molecular weight excluding hydrogens is 128 g/mol. The first kappa shape index (κ1) is 8.02. The van der Waals surface area contributed by atoms with Gasteiger partial charge in [-0.2, -0.15) is 0 Å². The average Bonchev–Trinajstić information content (AvgIpc) is 2.62. The second kappa shape index (κ2) is 3.35. The van der Waals surface area contributed by atoms with Gasteiger partial charge < -0.3 is 10.2 Å². The topological polar surface area (TPSA) is 40.5 Å². The van der Waals surface area contributed by atoms with Gasteiger partial charge in [-0.3, -0.25) is 0 Å². The van der Waals surface area contributed by atoms with Gasteiger partial charge in [0.2, 0.25) is 0 Å². The summed E-state index contributed by atoms with van der Waals surface area (Å²) in [5.74, 6) is 1.43. The first-order chi connectivity index (χ1) is 4.85. The molecular formula is C8H16O2. The molecule has 60 valence electrons. The van der Waals surface area contributed by atoms with Crippen LogP contribution in [-0.4, -0.2) is 23.4 Å². The molecule has 0 aromatic heterocycles. The lowest BCUT2D eigenvalue weighted by Gasteiger charge is -1.90. The fourth-order valence-electron chi connectivity index (χ4n) is 1.83. The van der Waals surface area contributed by atoms with Gasteiger partial charge in [-0.1, -0.05) is 13.3 Å². The van der Waals surface area contributed by atoms with Crippen LogP contribution in [-0.2, 0) is 0 Å². The highest BCUT2D eigenvalue weighted by Gasteiger charge is 2.47. The molecule has 0 spiro atoms. The van der Waals surface area contributed by atoms with Crippen LogP contribution in [0.25, 0.3) is 0 Å². The Balaban J connectivity index is 2.22. The molecule has 0 aliphatic heterocycles. The van der Waals surface area contributed by atoms with Gasteiger partial charge in [-0.15, -0.1) is 0 Å². The van der Waals surface area contributed by atoms with Crippen LogP contribution in [0, 0.1) is 17.8 Å². The Labute approximate surface area is 61.9 Å². The van der Waals surface area contributed by atoms with Gasteiger partial charge in [-0.25, -0.2) is 0 Å². The molecule has 1 aliphatic rings. The Kier molecular flexibility index (Phi) is 2.69. The quantitative estimate of drug-likeness (QED) is 0.607. The molecule has 10 heavy (non-hydrogen) atoms. The lowest BCUT2D eigenvalue weighted by atomic mass is 10.2. The summed E-state index contributed by atoms with van der Waals surface area (Å²) in [5.41, 5.74) is 0. The number of rotatable bonds is 4. The van der Waals surface area contributed by atoms with Crippen LogP contribution in [0.4, 0.5) is 0 Å². The molecule has 3 atom stereocenters. The third-order valence-electron chi connectivity index (χ3n) is 2.55. The summed E-state index contributed by atoms with van der Waals surface area (Å²) in [4.78, 5) is 0. The lowest BCUT2D eigenvalue weighted by molar-refractivity contribution is 0.232. The minimum absolute atomic E-state index is 0.260. The average molecular weight is 144 g/mol. The molecule has 0 radical (unpaired) electrons. The zero-order valence-corrected chi connectivity index (χ0v) is 6.45. The maximum absolute atomic E-state index is 8.79. The van der Waals surface area contributed by atoms with Gasteiger partial charge >= 0.3 is 0 Å². The van der Waals surface area contributed by atoms with Crippen molar-refractivity contribution in [3.63, 3.8) is 0 Å². The fraction of sp³-hybridized carbons (Fsp3) is 1.00. The predicted octanol–water partition coefficient (Wildman–Crippen LogP) is 0.633. The molecule has 1 fully saturated rings. The first-order valence-electron chi connectivity index (χ1n) is 4.06. The normalized spacial score (nSPS) is 38.1. The molecule has 0 amide bonds. The standard InChI is InChI=1S/C8H16O2/c1-2-3-6-7(4-9)8(6)5-10/h6-10H,2-5H2,1H3/t6-,7+,8-. The van der Waals surface area contributed by atoms with Crippen molar-refractivity contribution in [2.45, 2.75) is 19.8 Å². The van der Waals surface area contributed by atoms with E-state index < -0.39 is 0 Å². The van der Waals surface area contributed by atoms with E-state index in [1.54, 1.807) is 0 Å². The Hall–Kier alpha value is -0.0800. The minimum Gasteiger partial charge on any atom is -0.396 e. The SMILES string of the molecule is CCC[C@@H]1[C@H](CO)[C@@H]1CO. The molecule has 0 aromatic carbocycles. The molecule has 0 unspecified atom stereocenters. The van der Waals surface area contributed by atoms with Crippen molar-refractivity contribution in [2.24, 2.45) is 17.8 Å².